The number of carbonyl (C=O) groups excluding carboxylic acids is 1. The standard InChI is InChI=1S/C22H26Cl2N6O.C2HF3O2/c23-19-4-3-5-20(21(19)24)28-14-12-27(13-15-28)9-1-2-10-29(22(25)31)17-7-11-30-18(16-17)6-8-26-30;3-2(4,5)1(6)7/h3-8,11,16H,1-2,9-10,12-15H2,(H2,25,31);(H,6,7). The number of aliphatic carboxylic acids is 1. The van der Waals surface area contributed by atoms with E-state index in [0.29, 0.717) is 16.6 Å². The van der Waals surface area contributed by atoms with Crippen LogP contribution in [-0.4, -0.2) is 77.1 Å². The van der Waals surface area contributed by atoms with Gasteiger partial charge in [0.15, 0.2) is 0 Å². The van der Waals surface area contributed by atoms with Gasteiger partial charge in [-0.2, -0.15) is 18.3 Å². The summed E-state index contributed by atoms with van der Waals surface area (Å²) < 4.78 is 33.5. The summed E-state index contributed by atoms with van der Waals surface area (Å²) in [7, 11) is 0. The van der Waals surface area contributed by atoms with E-state index in [-0.39, 0.29) is 0 Å². The minimum atomic E-state index is -5.08. The Balaban J connectivity index is 0.000000505. The van der Waals surface area contributed by atoms with Crippen molar-refractivity contribution in [3.05, 3.63) is 58.8 Å². The highest BCUT2D eigenvalue weighted by Gasteiger charge is 2.38. The molecule has 206 valence electrons. The highest BCUT2D eigenvalue weighted by atomic mass is 35.5. The van der Waals surface area contributed by atoms with E-state index in [9.17, 15) is 18.0 Å². The molecule has 3 heterocycles. The molecule has 2 amide bonds. The third-order valence-corrected chi connectivity index (χ3v) is 6.76. The molecule has 0 saturated carbocycles. The molecule has 1 saturated heterocycles. The van der Waals surface area contributed by atoms with E-state index in [1.807, 2.05) is 42.6 Å². The molecule has 0 unspecified atom stereocenters. The molecule has 1 aliphatic rings. The SMILES string of the molecule is NC(=O)N(CCCCN1CCN(c2cccc(Cl)c2Cl)CC1)c1ccn2nccc2c1.O=C(O)C(F)(F)F. The molecule has 0 atom stereocenters. The van der Waals surface area contributed by atoms with Gasteiger partial charge in [0.1, 0.15) is 0 Å². The zero-order chi connectivity index (χ0) is 27.9. The number of aromatic nitrogens is 2. The van der Waals surface area contributed by atoms with Gasteiger partial charge in [0, 0.05) is 50.8 Å². The van der Waals surface area contributed by atoms with Crippen LogP contribution in [0.15, 0.2) is 48.8 Å². The monoisotopic (exact) mass is 574 g/mol. The molecule has 1 aliphatic heterocycles. The first kappa shape index (κ1) is 29.3. The van der Waals surface area contributed by atoms with Gasteiger partial charge in [0.25, 0.3) is 0 Å². The van der Waals surface area contributed by atoms with E-state index in [1.165, 1.54) is 0 Å². The normalized spacial score (nSPS) is 14.2. The summed E-state index contributed by atoms with van der Waals surface area (Å²) in [5.74, 6) is -2.76. The number of hydrogen-bond donors (Lipinski definition) is 2. The number of alkyl halides is 3. The Morgan fingerprint density at radius 2 is 1.76 bits per heavy atom. The lowest BCUT2D eigenvalue weighted by molar-refractivity contribution is -0.192. The van der Waals surface area contributed by atoms with Gasteiger partial charge in [-0.3, -0.25) is 9.80 Å². The molecule has 1 aromatic carbocycles. The van der Waals surface area contributed by atoms with Crippen LogP contribution in [0, 0.1) is 0 Å². The second-order valence-electron chi connectivity index (χ2n) is 8.49. The molecule has 0 spiro atoms. The Labute approximate surface area is 227 Å². The van der Waals surface area contributed by atoms with Gasteiger partial charge in [0.2, 0.25) is 0 Å². The second-order valence-corrected chi connectivity index (χ2v) is 9.27. The molecule has 0 aliphatic carbocycles. The highest BCUT2D eigenvalue weighted by molar-refractivity contribution is 6.43. The van der Waals surface area contributed by atoms with Crippen molar-refractivity contribution >= 4 is 52.1 Å². The van der Waals surface area contributed by atoms with Crippen LogP contribution in [0.4, 0.5) is 29.3 Å². The van der Waals surface area contributed by atoms with Crippen molar-refractivity contribution in [3.63, 3.8) is 0 Å². The van der Waals surface area contributed by atoms with Crippen LogP contribution in [0.2, 0.25) is 10.0 Å². The maximum Gasteiger partial charge on any atom is 0.490 e. The zero-order valence-corrected chi connectivity index (χ0v) is 21.8. The number of nitrogens with two attached hydrogens (primary N) is 1. The molecular weight excluding hydrogens is 548 g/mol. The summed E-state index contributed by atoms with van der Waals surface area (Å²) in [5.41, 5.74) is 8.37. The average molecular weight is 575 g/mol. The van der Waals surface area contributed by atoms with Crippen molar-refractivity contribution in [3.8, 4) is 0 Å². The van der Waals surface area contributed by atoms with E-state index in [1.54, 1.807) is 15.6 Å². The average Bonchev–Trinajstić information content (AvgIpc) is 3.34. The maximum atomic E-state index is 12.0. The number of urea groups is 1. The summed E-state index contributed by atoms with van der Waals surface area (Å²) >= 11 is 12.5. The molecular formula is C24H27Cl2F3N6O3. The lowest BCUT2D eigenvalue weighted by Crippen LogP contribution is -2.46. The molecule has 38 heavy (non-hydrogen) atoms. The number of pyridine rings is 1. The Morgan fingerprint density at radius 1 is 1.08 bits per heavy atom. The number of carboxylic acids is 1. The first-order valence-electron chi connectivity index (χ1n) is 11.7. The number of carbonyl (C=O) groups is 2. The molecule has 14 heteroatoms. The van der Waals surface area contributed by atoms with Crippen molar-refractivity contribution in [2.45, 2.75) is 19.0 Å². The van der Waals surface area contributed by atoms with Gasteiger partial charge in [-0.25, -0.2) is 14.1 Å². The van der Waals surface area contributed by atoms with Gasteiger partial charge < -0.3 is 15.7 Å². The number of hydrogen-bond acceptors (Lipinski definition) is 5. The lowest BCUT2D eigenvalue weighted by atomic mass is 10.2. The maximum absolute atomic E-state index is 12.0. The first-order chi connectivity index (χ1) is 18.0. The summed E-state index contributed by atoms with van der Waals surface area (Å²) in [6.07, 6.45) is 0.365. The number of fused-ring (bicyclic) bond motifs is 1. The van der Waals surface area contributed by atoms with Crippen molar-refractivity contribution in [1.29, 1.82) is 0 Å². The number of benzene rings is 1. The molecule has 1 fully saturated rings. The van der Waals surface area contributed by atoms with E-state index >= 15 is 0 Å². The number of unbranched alkanes of at least 4 members (excludes halogenated alkanes) is 1. The van der Waals surface area contributed by atoms with E-state index in [4.69, 9.17) is 38.8 Å². The molecule has 9 nitrogen and oxygen atoms in total. The van der Waals surface area contributed by atoms with Crippen LogP contribution in [-0.2, 0) is 4.79 Å². The quantitative estimate of drug-likeness (QED) is 0.394. The number of carboxylic acid groups (broad SMARTS) is 1. The molecule has 3 aromatic rings. The Kier molecular flexibility index (Phi) is 10.1. The Morgan fingerprint density at radius 3 is 2.39 bits per heavy atom. The Bertz CT molecular complexity index is 1250. The predicted molar refractivity (Wildman–Crippen MR) is 140 cm³/mol. The van der Waals surface area contributed by atoms with Gasteiger partial charge >= 0.3 is 18.2 Å². The third-order valence-electron chi connectivity index (χ3n) is 5.95. The number of primary amides is 1. The topological polar surface area (TPSA) is 107 Å². The lowest BCUT2D eigenvalue weighted by Gasteiger charge is -2.36. The summed E-state index contributed by atoms with van der Waals surface area (Å²) in [6.45, 7) is 5.36. The largest absolute Gasteiger partial charge is 0.490 e. The third kappa shape index (κ3) is 7.89. The van der Waals surface area contributed by atoms with Crippen LogP contribution >= 0.6 is 23.2 Å². The molecule has 3 N–H and O–H groups in total. The van der Waals surface area contributed by atoms with E-state index < -0.39 is 18.2 Å². The number of nitrogens with zero attached hydrogens (tertiary/aromatic N) is 5. The predicted octanol–water partition coefficient (Wildman–Crippen LogP) is 4.76. The van der Waals surface area contributed by atoms with Crippen LogP contribution in [0.3, 0.4) is 0 Å². The van der Waals surface area contributed by atoms with E-state index in [2.05, 4.69) is 14.9 Å². The molecule has 4 rings (SSSR count). The van der Waals surface area contributed by atoms with Crippen LogP contribution in [0.5, 0.6) is 0 Å². The minimum Gasteiger partial charge on any atom is -0.475 e. The summed E-state index contributed by atoms with van der Waals surface area (Å²) in [5, 5.41) is 12.5. The minimum absolute atomic E-state index is 0.434. The van der Waals surface area contributed by atoms with Crippen LogP contribution in [0.1, 0.15) is 12.8 Å². The number of rotatable bonds is 7. The fraction of sp³-hybridized carbons (Fsp3) is 0.375. The van der Waals surface area contributed by atoms with E-state index in [0.717, 1.165) is 62.5 Å². The molecule has 2 aromatic heterocycles. The number of anilines is 2. The summed E-state index contributed by atoms with van der Waals surface area (Å²) in [4.78, 5) is 27.2. The number of piperazine rings is 1. The van der Waals surface area contributed by atoms with Gasteiger partial charge in [0.05, 0.1) is 21.2 Å². The Hall–Kier alpha value is -3.22. The first-order valence-corrected chi connectivity index (χ1v) is 12.4. The number of amides is 2. The van der Waals surface area contributed by atoms with Gasteiger partial charge in [-0.05, 0) is 49.7 Å². The van der Waals surface area contributed by atoms with Crippen molar-refractivity contribution < 1.29 is 27.9 Å². The summed E-state index contributed by atoms with van der Waals surface area (Å²) in [6, 6.07) is 11.0. The highest BCUT2D eigenvalue weighted by Crippen LogP contribution is 2.32. The van der Waals surface area contributed by atoms with Gasteiger partial charge in [-0.1, -0.05) is 29.3 Å². The van der Waals surface area contributed by atoms with Crippen molar-refractivity contribution in [2.75, 3.05) is 49.1 Å². The molecule has 0 bridgehead atoms. The zero-order valence-electron chi connectivity index (χ0n) is 20.2. The van der Waals surface area contributed by atoms with Gasteiger partial charge in [-0.15, -0.1) is 0 Å². The fourth-order valence-corrected chi connectivity index (χ4v) is 4.41. The fourth-order valence-electron chi connectivity index (χ4n) is 4.00. The van der Waals surface area contributed by atoms with Crippen LogP contribution in [0.25, 0.3) is 5.52 Å². The smallest absolute Gasteiger partial charge is 0.475 e. The number of halogens is 5. The molecule has 0 radical (unpaired) electrons. The van der Waals surface area contributed by atoms with Crippen molar-refractivity contribution in [2.24, 2.45) is 5.73 Å². The van der Waals surface area contributed by atoms with Crippen molar-refractivity contribution in [1.82, 2.24) is 14.5 Å². The van der Waals surface area contributed by atoms with Crippen LogP contribution < -0.4 is 15.5 Å². The second kappa shape index (κ2) is 13.0.